The number of carboxylic acid groups (broad SMARTS) is 1. The lowest BCUT2D eigenvalue weighted by molar-refractivity contribution is -0.140. The minimum Gasteiger partial charge on any atom is -0.480 e. The highest BCUT2D eigenvalue weighted by Crippen LogP contribution is 2.29. The van der Waals surface area contributed by atoms with Gasteiger partial charge in [-0.1, -0.05) is 13.8 Å². The molecular formula is C12H22N2O4. The average Bonchev–Trinajstić information content (AvgIpc) is 2.46. The smallest absolute Gasteiger partial charge is 0.328 e. The molecule has 6 heteroatoms. The molecule has 0 aromatic carbocycles. The highest BCUT2D eigenvalue weighted by Gasteiger charge is 2.27. The van der Waals surface area contributed by atoms with Crippen molar-refractivity contribution in [3.63, 3.8) is 0 Å². The van der Waals surface area contributed by atoms with Gasteiger partial charge in [0.25, 0.3) is 0 Å². The molecule has 6 nitrogen and oxygen atoms in total. The fourth-order valence-corrected chi connectivity index (χ4v) is 2.05. The second-order valence-corrected chi connectivity index (χ2v) is 5.53. The van der Waals surface area contributed by atoms with Crippen LogP contribution in [0.2, 0.25) is 0 Å². The van der Waals surface area contributed by atoms with Crippen molar-refractivity contribution in [2.75, 3.05) is 19.7 Å². The van der Waals surface area contributed by atoms with Crippen molar-refractivity contribution in [1.29, 1.82) is 0 Å². The maximum atomic E-state index is 11.9. The molecule has 0 radical (unpaired) electrons. The number of aliphatic hydroxyl groups excluding tert-OH is 1. The molecule has 0 aliphatic carbocycles. The van der Waals surface area contributed by atoms with Crippen molar-refractivity contribution in [3.05, 3.63) is 0 Å². The molecule has 0 spiro atoms. The van der Waals surface area contributed by atoms with Crippen LogP contribution in [0.3, 0.4) is 0 Å². The summed E-state index contributed by atoms with van der Waals surface area (Å²) in [5, 5.41) is 20.0. The van der Waals surface area contributed by atoms with Gasteiger partial charge in [-0.05, 0) is 24.7 Å². The van der Waals surface area contributed by atoms with Gasteiger partial charge in [0.15, 0.2) is 6.04 Å². The van der Waals surface area contributed by atoms with Crippen LogP contribution in [0.1, 0.15) is 33.1 Å². The number of urea groups is 1. The van der Waals surface area contributed by atoms with E-state index < -0.39 is 24.6 Å². The summed E-state index contributed by atoms with van der Waals surface area (Å²) in [6.07, 6.45) is 2.87. The first-order valence-corrected chi connectivity index (χ1v) is 6.25. The number of hydrogen-bond donors (Lipinski definition) is 3. The summed E-state index contributed by atoms with van der Waals surface area (Å²) < 4.78 is 0. The Morgan fingerprint density at radius 1 is 1.33 bits per heavy atom. The summed E-state index contributed by atoms with van der Waals surface area (Å²) in [7, 11) is 0. The number of rotatable bonds is 3. The molecule has 104 valence electrons. The Bertz CT molecular complexity index is 317. The molecule has 1 aliphatic heterocycles. The van der Waals surface area contributed by atoms with E-state index in [9.17, 15) is 9.59 Å². The number of carbonyl (C=O) groups is 2. The first-order chi connectivity index (χ1) is 8.35. The highest BCUT2D eigenvalue weighted by molar-refractivity contribution is 5.82. The van der Waals surface area contributed by atoms with Crippen molar-refractivity contribution in [1.82, 2.24) is 10.2 Å². The molecule has 1 saturated heterocycles. The normalized spacial score (nSPS) is 20.9. The number of carboxylic acids is 1. The fraction of sp³-hybridized carbons (Fsp3) is 0.833. The fourth-order valence-electron chi connectivity index (χ4n) is 2.05. The van der Waals surface area contributed by atoms with E-state index in [1.165, 1.54) is 0 Å². The molecule has 1 aliphatic rings. The summed E-state index contributed by atoms with van der Waals surface area (Å²) in [5.41, 5.74) is 0.220. The zero-order valence-corrected chi connectivity index (χ0v) is 11.0. The molecule has 0 bridgehead atoms. The second kappa shape index (κ2) is 6.04. The largest absolute Gasteiger partial charge is 0.480 e. The molecule has 0 unspecified atom stereocenters. The quantitative estimate of drug-likeness (QED) is 0.693. The SMILES string of the molecule is CC1(C)CCCN(C(=O)N[C@H](CO)C(=O)O)CC1. The van der Waals surface area contributed by atoms with Crippen molar-refractivity contribution < 1.29 is 19.8 Å². The predicted molar refractivity (Wildman–Crippen MR) is 66.2 cm³/mol. The van der Waals surface area contributed by atoms with Gasteiger partial charge in [0, 0.05) is 13.1 Å². The van der Waals surface area contributed by atoms with E-state index >= 15 is 0 Å². The van der Waals surface area contributed by atoms with Crippen molar-refractivity contribution in [2.24, 2.45) is 5.41 Å². The van der Waals surface area contributed by atoms with Crippen LogP contribution in [0.4, 0.5) is 4.79 Å². The van der Waals surface area contributed by atoms with Crippen LogP contribution in [0.15, 0.2) is 0 Å². The average molecular weight is 258 g/mol. The van der Waals surface area contributed by atoms with E-state index in [2.05, 4.69) is 19.2 Å². The third kappa shape index (κ3) is 4.18. The lowest BCUT2D eigenvalue weighted by Gasteiger charge is -2.24. The number of aliphatic carboxylic acids is 1. The van der Waals surface area contributed by atoms with Crippen LogP contribution in [-0.2, 0) is 4.79 Å². The third-order valence-electron chi connectivity index (χ3n) is 3.41. The van der Waals surface area contributed by atoms with Gasteiger partial charge in [0.2, 0.25) is 0 Å². The Morgan fingerprint density at radius 3 is 2.56 bits per heavy atom. The van der Waals surface area contributed by atoms with Gasteiger partial charge in [0.05, 0.1) is 6.61 Å². The molecule has 1 heterocycles. The van der Waals surface area contributed by atoms with Crippen LogP contribution in [0.5, 0.6) is 0 Å². The molecule has 0 aromatic rings. The van der Waals surface area contributed by atoms with Crippen molar-refractivity contribution >= 4 is 12.0 Å². The van der Waals surface area contributed by atoms with Gasteiger partial charge < -0.3 is 20.4 Å². The van der Waals surface area contributed by atoms with Gasteiger partial charge in [-0.15, -0.1) is 0 Å². The zero-order chi connectivity index (χ0) is 13.8. The van der Waals surface area contributed by atoms with Gasteiger partial charge in [-0.2, -0.15) is 0 Å². The minimum atomic E-state index is -1.23. The van der Waals surface area contributed by atoms with E-state index in [4.69, 9.17) is 10.2 Å². The number of carbonyl (C=O) groups excluding carboxylic acids is 1. The van der Waals surface area contributed by atoms with E-state index in [0.29, 0.717) is 13.1 Å². The predicted octanol–water partition coefficient (Wildman–Crippen LogP) is 0.654. The van der Waals surface area contributed by atoms with Gasteiger partial charge in [0.1, 0.15) is 0 Å². The van der Waals surface area contributed by atoms with Crippen molar-refractivity contribution in [2.45, 2.75) is 39.2 Å². The lowest BCUT2D eigenvalue weighted by Crippen LogP contribution is -2.49. The van der Waals surface area contributed by atoms with Gasteiger partial charge in [-0.3, -0.25) is 0 Å². The van der Waals surface area contributed by atoms with Crippen LogP contribution < -0.4 is 5.32 Å². The first kappa shape index (κ1) is 14.8. The van der Waals surface area contributed by atoms with Gasteiger partial charge in [-0.25, -0.2) is 9.59 Å². The Morgan fingerprint density at radius 2 is 2.00 bits per heavy atom. The molecule has 0 saturated carbocycles. The number of likely N-dealkylation sites (tertiary alicyclic amines) is 1. The van der Waals surface area contributed by atoms with Gasteiger partial charge >= 0.3 is 12.0 Å². The molecular weight excluding hydrogens is 236 g/mol. The van der Waals surface area contributed by atoms with E-state index in [1.54, 1.807) is 4.90 Å². The number of nitrogens with zero attached hydrogens (tertiary/aromatic N) is 1. The Hall–Kier alpha value is -1.30. The molecule has 2 amide bonds. The molecule has 1 fully saturated rings. The van der Waals surface area contributed by atoms with Crippen LogP contribution in [0.25, 0.3) is 0 Å². The summed E-state index contributed by atoms with van der Waals surface area (Å²) in [6.45, 7) is 4.99. The number of aliphatic hydroxyl groups is 1. The molecule has 18 heavy (non-hydrogen) atoms. The Labute approximate surface area is 107 Å². The summed E-state index contributed by atoms with van der Waals surface area (Å²) in [6, 6.07) is -1.64. The molecule has 3 N–H and O–H groups in total. The zero-order valence-electron chi connectivity index (χ0n) is 11.0. The number of nitrogens with one attached hydrogen (secondary N) is 1. The summed E-state index contributed by atoms with van der Waals surface area (Å²) in [4.78, 5) is 24.2. The Balaban J connectivity index is 2.54. The van der Waals surface area contributed by atoms with E-state index in [0.717, 1.165) is 19.3 Å². The molecule has 1 atom stereocenters. The van der Waals surface area contributed by atoms with E-state index in [-0.39, 0.29) is 5.41 Å². The van der Waals surface area contributed by atoms with E-state index in [1.807, 2.05) is 0 Å². The van der Waals surface area contributed by atoms with Crippen LogP contribution >= 0.6 is 0 Å². The number of amides is 2. The first-order valence-electron chi connectivity index (χ1n) is 6.25. The topological polar surface area (TPSA) is 89.9 Å². The minimum absolute atomic E-state index is 0.220. The van der Waals surface area contributed by atoms with Crippen LogP contribution in [-0.4, -0.2) is 52.9 Å². The standard InChI is InChI=1S/C12H22N2O4/c1-12(2)4-3-6-14(7-5-12)11(18)13-9(8-15)10(16)17/h9,15H,3-8H2,1-2H3,(H,13,18)(H,16,17)/t9-/m1/s1. The third-order valence-corrected chi connectivity index (χ3v) is 3.41. The maximum Gasteiger partial charge on any atom is 0.328 e. The second-order valence-electron chi connectivity index (χ2n) is 5.53. The monoisotopic (exact) mass is 258 g/mol. The van der Waals surface area contributed by atoms with Crippen LogP contribution in [0, 0.1) is 5.41 Å². The number of hydrogen-bond acceptors (Lipinski definition) is 3. The maximum absolute atomic E-state index is 11.9. The molecule has 1 rings (SSSR count). The summed E-state index contributed by atoms with van der Waals surface area (Å²) in [5.74, 6) is -1.22. The highest BCUT2D eigenvalue weighted by atomic mass is 16.4. The Kier molecular flexibility index (Phi) is 4.95. The lowest BCUT2D eigenvalue weighted by atomic mass is 9.85. The van der Waals surface area contributed by atoms with Crippen molar-refractivity contribution in [3.8, 4) is 0 Å². The summed E-state index contributed by atoms with van der Waals surface area (Å²) >= 11 is 0. The molecule has 0 aromatic heterocycles.